The zero-order valence-corrected chi connectivity index (χ0v) is 11.7. The summed E-state index contributed by atoms with van der Waals surface area (Å²) in [6, 6.07) is 11.2. The van der Waals surface area contributed by atoms with Crippen LogP contribution in [0.25, 0.3) is 6.08 Å². The van der Waals surface area contributed by atoms with Crippen LogP contribution < -0.4 is 4.74 Å². The van der Waals surface area contributed by atoms with Crippen LogP contribution in [0.1, 0.15) is 15.9 Å². The highest BCUT2D eigenvalue weighted by Gasteiger charge is 2.19. The van der Waals surface area contributed by atoms with Gasteiger partial charge in [-0.2, -0.15) is 0 Å². The minimum atomic E-state index is -0.714. The van der Waals surface area contributed by atoms with Crippen LogP contribution in [0.3, 0.4) is 0 Å². The van der Waals surface area contributed by atoms with Gasteiger partial charge in [-0.25, -0.2) is 0 Å². The summed E-state index contributed by atoms with van der Waals surface area (Å²) in [5.74, 6) is -0.796. The van der Waals surface area contributed by atoms with Crippen molar-refractivity contribution in [3.8, 4) is 11.5 Å². The summed E-state index contributed by atoms with van der Waals surface area (Å²) in [5.41, 5.74) is 0.413. The van der Waals surface area contributed by atoms with Crippen LogP contribution in [0, 0.1) is 10.1 Å². The number of phenolic OH excluding ortho intramolecular Hbond substituents is 1. The molecule has 22 heavy (non-hydrogen) atoms. The number of methoxy groups -OCH3 is 1. The van der Waals surface area contributed by atoms with E-state index in [1.807, 2.05) is 0 Å². The maximum Gasteiger partial charge on any atom is 0.315 e. The molecule has 0 amide bonds. The Morgan fingerprint density at radius 1 is 1.27 bits per heavy atom. The van der Waals surface area contributed by atoms with E-state index in [2.05, 4.69) is 0 Å². The van der Waals surface area contributed by atoms with Gasteiger partial charge in [0, 0.05) is 11.6 Å². The van der Waals surface area contributed by atoms with Gasteiger partial charge in [0.25, 0.3) is 0 Å². The molecule has 0 aromatic heterocycles. The SMILES string of the molecule is COc1cc(/C=C/C(=O)c2ccccc2)cc([N+](=O)[O-])c1O. The van der Waals surface area contributed by atoms with E-state index >= 15 is 0 Å². The van der Waals surface area contributed by atoms with Crippen molar-refractivity contribution in [3.63, 3.8) is 0 Å². The first-order valence-corrected chi connectivity index (χ1v) is 6.35. The molecule has 0 fully saturated rings. The fourth-order valence-electron chi connectivity index (χ4n) is 1.88. The number of phenols is 1. The van der Waals surface area contributed by atoms with Crippen molar-refractivity contribution in [1.82, 2.24) is 0 Å². The first-order valence-electron chi connectivity index (χ1n) is 6.35. The van der Waals surface area contributed by atoms with Gasteiger partial charge in [-0.3, -0.25) is 14.9 Å². The van der Waals surface area contributed by atoms with Gasteiger partial charge in [0.2, 0.25) is 5.75 Å². The minimum absolute atomic E-state index is 0.0268. The standard InChI is InChI=1S/C16H13NO5/c1-22-15-10-11(9-13(16(15)19)17(20)21)7-8-14(18)12-5-3-2-4-6-12/h2-10,19H,1H3/b8-7+. The minimum Gasteiger partial charge on any atom is -0.500 e. The molecule has 1 N–H and O–H groups in total. The number of hydrogen-bond acceptors (Lipinski definition) is 5. The topological polar surface area (TPSA) is 89.7 Å². The number of nitrogens with zero attached hydrogens (tertiary/aromatic N) is 1. The van der Waals surface area contributed by atoms with Crippen LogP contribution in [-0.4, -0.2) is 22.9 Å². The number of ketones is 1. The molecule has 0 unspecified atom stereocenters. The smallest absolute Gasteiger partial charge is 0.315 e. The van der Waals surface area contributed by atoms with Gasteiger partial charge < -0.3 is 9.84 Å². The predicted molar refractivity (Wildman–Crippen MR) is 81.1 cm³/mol. The average Bonchev–Trinajstić information content (AvgIpc) is 2.54. The van der Waals surface area contributed by atoms with E-state index in [9.17, 15) is 20.0 Å². The van der Waals surface area contributed by atoms with Gasteiger partial charge in [-0.1, -0.05) is 36.4 Å². The largest absolute Gasteiger partial charge is 0.500 e. The van der Waals surface area contributed by atoms with Crippen molar-refractivity contribution < 1.29 is 19.6 Å². The lowest BCUT2D eigenvalue weighted by molar-refractivity contribution is -0.386. The molecule has 0 heterocycles. The normalized spacial score (nSPS) is 10.6. The van der Waals surface area contributed by atoms with Crippen molar-refractivity contribution >= 4 is 17.5 Å². The summed E-state index contributed by atoms with van der Waals surface area (Å²) >= 11 is 0. The highest BCUT2D eigenvalue weighted by Crippen LogP contribution is 2.37. The Morgan fingerprint density at radius 2 is 1.95 bits per heavy atom. The molecule has 112 valence electrons. The zero-order chi connectivity index (χ0) is 16.1. The lowest BCUT2D eigenvalue weighted by atomic mass is 10.1. The lowest BCUT2D eigenvalue weighted by Gasteiger charge is -2.05. The van der Waals surface area contributed by atoms with Crippen molar-refractivity contribution in [2.45, 2.75) is 0 Å². The number of allylic oxidation sites excluding steroid dienone is 1. The monoisotopic (exact) mass is 299 g/mol. The average molecular weight is 299 g/mol. The molecule has 2 aromatic carbocycles. The van der Waals surface area contributed by atoms with E-state index in [0.29, 0.717) is 11.1 Å². The Balaban J connectivity index is 2.33. The molecule has 0 aliphatic heterocycles. The van der Waals surface area contributed by atoms with E-state index in [1.54, 1.807) is 30.3 Å². The number of ether oxygens (including phenoxy) is 1. The van der Waals surface area contributed by atoms with Crippen LogP contribution in [0.2, 0.25) is 0 Å². The molecule has 0 radical (unpaired) electrons. The fraction of sp³-hybridized carbons (Fsp3) is 0.0625. The van der Waals surface area contributed by atoms with Gasteiger partial charge in [-0.15, -0.1) is 0 Å². The zero-order valence-electron chi connectivity index (χ0n) is 11.7. The third kappa shape index (κ3) is 3.29. The Morgan fingerprint density at radius 3 is 2.55 bits per heavy atom. The van der Waals surface area contributed by atoms with Crippen LogP contribution in [0.4, 0.5) is 5.69 Å². The molecule has 0 bridgehead atoms. The summed E-state index contributed by atoms with van der Waals surface area (Å²) < 4.78 is 4.89. The van der Waals surface area contributed by atoms with Crippen LogP contribution in [0.15, 0.2) is 48.5 Å². The Bertz CT molecular complexity index is 738. The van der Waals surface area contributed by atoms with Crippen molar-refractivity contribution in [1.29, 1.82) is 0 Å². The van der Waals surface area contributed by atoms with Crippen LogP contribution in [0.5, 0.6) is 11.5 Å². The Hall–Kier alpha value is -3.15. The number of nitro groups is 1. The second-order valence-electron chi connectivity index (χ2n) is 4.41. The number of nitro benzene ring substituents is 1. The van der Waals surface area contributed by atoms with E-state index in [0.717, 1.165) is 0 Å². The van der Waals surface area contributed by atoms with Gasteiger partial charge in [0.05, 0.1) is 12.0 Å². The number of carbonyl (C=O) groups is 1. The van der Waals surface area contributed by atoms with Gasteiger partial charge in [0.15, 0.2) is 11.5 Å². The molecule has 0 saturated heterocycles. The predicted octanol–water partition coefficient (Wildman–Crippen LogP) is 3.21. The number of benzene rings is 2. The molecule has 0 spiro atoms. The number of hydrogen-bond donors (Lipinski definition) is 1. The summed E-state index contributed by atoms with van der Waals surface area (Å²) in [6.45, 7) is 0. The Kier molecular flexibility index (Phi) is 4.53. The molecule has 0 saturated carbocycles. The van der Waals surface area contributed by atoms with Gasteiger partial charge in [0.1, 0.15) is 0 Å². The highest BCUT2D eigenvalue weighted by atomic mass is 16.6. The highest BCUT2D eigenvalue weighted by molar-refractivity contribution is 6.06. The summed E-state index contributed by atoms with van der Waals surface area (Å²) in [6.07, 6.45) is 2.75. The first kappa shape index (κ1) is 15.2. The van der Waals surface area contributed by atoms with Crippen LogP contribution >= 0.6 is 0 Å². The number of aromatic hydroxyl groups is 1. The molecule has 0 aliphatic rings. The maximum atomic E-state index is 12.0. The summed E-state index contributed by atoms with van der Waals surface area (Å²) in [4.78, 5) is 22.1. The third-order valence-corrected chi connectivity index (χ3v) is 2.98. The molecule has 0 atom stereocenters. The van der Waals surface area contributed by atoms with E-state index in [4.69, 9.17) is 4.74 Å². The molecule has 0 aliphatic carbocycles. The number of rotatable bonds is 5. The maximum absolute atomic E-state index is 12.0. The summed E-state index contributed by atoms with van der Waals surface area (Å²) in [5, 5.41) is 20.6. The lowest BCUT2D eigenvalue weighted by Crippen LogP contribution is -1.94. The van der Waals surface area contributed by atoms with Gasteiger partial charge >= 0.3 is 5.69 Å². The molecule has 6 nitrogen and oxygen atoms in total. The first-order chi connectivity index (χ1) is 10.5. The Labute approximate surface area is 126 Å². The summed E-state index contributed by atoms with van der Waals surface area (Å²) in [7, 11) is 1.29. The molecule has 2 aromatic rings. The van der Waals surface area contributed by atoms with E-state index in [1.165, 1.54) is 31.4 Å². The van der Waals surface area contributed by atoms with Crippen molar-refractivity contribution in [2.24, 2.45) is 0 Å². The third-order valence-electron chi connectivity index (χ3n) is 2.98. The van der Waals surface area contributed by atoms with E-state index in [-0.39, 0.29) is 11.5 Å². The molecule has 6 heteroatoms. The molecular formula is C16H13NO5. The quantitative estimate of drug-likeness (QED) is 0.396. The fourth-order valence-corrected chi connectivity index (χ4v) is 1.88. The second kappa shape index (κ2) is 6.53. The number of carbonyl (C=O) groups excluding carboxylic acids is 1. The second-order valence-corrected chi connectivity index (χ2v) is 4.41. The van der Waals surface area contributed by atoms with E-state index < -0.39 is 16.4 Å². The van der Waals surface area contributed by atoms with Gasteiger partial charge in [-0.05, 0) is 17.7 Å². The van der Waals surface area contributed by atoms with Crippen molar-refractivity contribution in [3.05, 3.63) is 69.8 Å². The molecule has 2 rings (SSSR count). The molecular weight excluding hydrogens is 286 g/mol. The van der Waals surface area contributed by atoms with Crippen molar-refractivity contribution in [2.75, 3.05) is 7.11 Å². The van der Waals surface area contributed by atoms with Crippen LogP contribution in [-0.2, 0) is 0 Å².